The summed E-state index contributed by atoms with van der Waals surface area (Å²) in [7, 11) is 0. The van der Waals surface area contributed by atoms with Crippen LogP contribution in [-0.4, -0.2) is 24.1 Å². The van der Waals surface area contributed by atoms with Crippen LogP contribution in [-0.2, 0) is 4.79 Å². The van der Waals surface area contributed by atoms with Crippen LogP contribution in [0.15, 0.2) is 24.3 Å². The summed E-state index contributed by atoms with van der Waals surface area (Å²) in [5.74, 6) is 2.58. The average molecular weight is 392 g/mol. The Morgan fingerprint density at radius 3 is 2.07 bits per heavy atom. The molecule has 0 heterocycles. The first-order chi connectivity index (χ1) is 13.3. The number of hydrogen-bond donors (Lipinski definition) is 2. The first-order valence-corrected chi connectivity index (χ1v) is 10.4. The van der Waals surface area contributed by atoms with Gasteiger partial charge < -0.3 is 10.1 Å². The van der Waals surface area contributed by atoms with E-state index < -0.39 is 6.61 Å². The first kappa shape index (κ1) is 19.6. The van der Waals surface area contributed by atoms with Crippen molar-refractivity contribution < 1.29 is 18.3 Å². The number of ether oxygens (including phenoxy) is 1. The molecule has 5 rings (SSSR count). The molecule has 2 unspecified atom stereocenters. The maximum absolute atomic E-state index is 12.9. The number of carbonyl (C=O) groups excluding carboxylic acids is 1. The van der Waals surface area contributed by atoms with Crippen molar-refractivity contribution in [2.75, 3.05) is 0 Å². The lowest BCUT2D eigenvalue weighted by Crippen LogP contribution is -2.62. The van der Waals surface area contributed by atoms with Gasteiger partial charge in [-0.15, -0.1) is 0 Å². The van der Waals surface area contributed by atoms with Crippen molar-refractivity contribution in [1.82, 2.24) is 10.6 Å². The molecular weight excluding hydrogens is 362 g/mol. The lowest BCUT2D eigenvalue weighted by atomic mass is 9.53. The highest BCUT2D eigenvalue weighted by molar-refractivity contribution is 5.82. The second-order valence-corrected chi connectivity index (χ2v) is 9.24. The fourth-order valence-corrected chi connectivity index (χ4v) is 6.12. The SMILES string of the molecule is CC(NC(C)c1ccc(OC(F)F)cc1)C(=O)NC12CC3CC(CC(C3)C1)C2. The zero-order valence-electron chi connectivity index (χ0n) is 16.6. The molecule has 1 aromatic rings. The molecule has 2 atom stereocenters. The van der Waals surface area contributed by atoms with Crippen LogP contribution in [0, 0.1) is 17.8 Å². The third-order valence-electron chi connectivity index (χ3n) is 6.93. The van der Waals surface area contributed by atoms with Crippen LogP contribution >= 0.6 is 0 Å². The number of alkyl halides is 2. The largest absolute Gasteiger partial charge is 0.435 e. The summed E-state index contributed by atoms with van der Waals surface area (Å²) in [5.41, 5.74) is 0.940. The van der Waals surface area contributed by atoms with E-state index in [-0.39, 0.29) is 29.3 Å². The molecule has 154 valence electrons. The number of benzene rings is 1. The molecule has 0 spiro atoms. The quantitative estimate of drug-likeness (QED) is 0.723. The van der Waals surface area contributed by atoms with E-state index in [0.717, 1.165) is 42.6 Å². The fourth-order valence-electron chi connectivity index (χ4n) is 6.12. The van der Waals surface area contributed by atoms with Crippen molar-refractivity contribution in [3.05, 3.63) is 29.8 Å². The maximum atomic E-state index is 12.9. The predicted octanol–water partition coefficient (Wildman–Crippen LogP) is 4.41. The van der Waals surface area contributed by atoms with Crippen molar-refractivity contribution in [1.29, 1.82) is 0 Å². The molecule has 4 fully saturated rings. The molecule has 6 heteroatoms. The van der Waals surface area contributed by atoms with Crippen LogP contribution in [0.3, 0.4) is 0 Å². The highest BCUT2D eigenvalue weighted by atomic mass is 19.3. The lowest BCUT2D eigenvalue weighted by Gasteiger charge is -2.57. The normalized spacial score (nSPS) is 33.0. The number of rotatable bonds is 7. The molecule has 1 aromatic carbocycles. The van der Waals surface area contributed by atoms with E-state index in [0.29, 0.717) is 0 Å². The Balaban J connectivity index is 1.33. The van der Waals surface area contributed by atoms with Crippen LogP contribution in [0.1, 0.15) is 64.0 Å². The molecule has 0 aromatic heterocycles. The van der Waals surface area contributed by atoms with E-state index in [2.05, 4.69) is 15.4 Å². The predicted molar refractivity (Wildman–Crippen MR) is 103 cm³/mol. The molecule has 0 aliphatic heterocycles. The Bertz CT molecular complexity index is 672. The van der Waals surface area contributed by atoms with Crippen LogP contribution in [0.2, 0.25) is 0 Å². The lowest BCUT2D eigenvalue weighted by molar-refractivity contribution is -0.128. The van der Waals surface area contributed by atoms with Crippen molar-refractivity contribution >= 4 is 5.91 Å². The molecule has 28 heavy (non-hydrogen) atoms. The highest BCUT2D eigenvalue weighted by Gasteiger charge is 2.51. The zero-order chi connectivity index (χ0) is 19.9. The van der Waals surface area contributed by atoms with Gasteiger partial charge in [-0.1, -0.05) is 12.1 Å². The van der Waals surface area contributed by atoms with E-state index in [9.17, 15) is 13.6 Å². The molecule has 4 aliphatic carbocycles. The molecule has 4 nitrogen and oxygen atoms in total. The van der Waals surface area contributed by atoms with Gasteiger partial charge in [0.25, 0.3) is 0 Å². The van der Waals surface area contributed by atoms with Crippen LogP contribution in [0.4, 0.5) is 8.78 Å². The zero-order valence-corrected chi connectivity index (χ0v) is 16.6. The molecule has 0 saturated heterocycles. The Morgan fingerprint density at radius 2 is 1.57 bits per heavy atom. The van der Waals surface area contributed by atoms with E-state index in [1.165, 1.54) is 31.4 Å². The number of hydrogen-bond acceptors (Lipinski definition) is 3. The molecule has 1 amide bonds. The second kappa shape index (κ2) is 7.62. The van der Waals surface area contributed by atoms with Gasteiger partial charge in [-0.3, -0.25) is 10.1 Å². The molecule has 4 saturated carbocycles. The van der Waals surface area contributed by atoms with Crippen LogP contribution in [0.25, 0.3) is 0 Å². The van der Waals surface area contributed by atoms with E-state index >= 15 is 0 Å². The Morgan fingerprint density at radius 1 is 1.04 bits per heavy atom. The maximum Gasteiger partial charge on any atom is 0.387 e. The van der Waals surface area contributed by atoms with E-state index in [1.54, 1.807) is 12.1 Å². The summed E-state index contributed by atoms with van der Waals surface area (Å²) >= 11 is 0. The van der Waals surface area contributed by atoms with Crippen molar-refractivity contribution in [2.24, 2.45) is 17.8 Å². The first-order valence-electron chi connectivity index (χ1n) is 10.4. The minimum atomic E-state index is -2.82. The van der Waals surface area contributed by atoms with Crippen LogP contribution < -0.4 is 15.4 Å². The number of nitrogens with one attached hydrogen (secondary N) is 2. The minimum Gasteiger partial charge on any atom is -0.435 e. The summed E-state index contributed by atoms with van der Waals surface area (Å²) in [6, 6.07) is 6.16. The monoisotopic (exact) mass is 392 g/mol. The summed E-state index contributed by atoms with van der Waals surface area (Å²) < 4.78 is 28.9. The standard InChI is InChI=1S/C22H30F2N2O2/c1-13(18-3-5-19(6-4-18)28-21(23)24)25-14(2)20(27)26-22-10-15-7-16(11-22)9-17(8-15)12-22/h3-6,13-17,21,25H,7-12H2,1-2H3,(H,26,27). The summed E-state index contributed by atoms with van der Waals surface area (Å²) in [6.45, 7) is 1.03. The van der Waals surface area contributed by atoms with Crippen LogP contribution in [0.5, 0.6) is 5.75 Å². The average Bonchev–Trinajstić information content (AvgIpc) is 2.60. The minimum absolute atomic E-state index is 0.0132. The van der Waals surface area contributed by atoms with Gasteiger partial charge in [0.2, 0.25) is 5.91 Å². The van der Waals surface area contributed by atoms with Gasteiger partial charge in [0, 0.05) is 11.6 Å². The van der Waals surface area contributed by atoms with Crippen molar-refractivity contribution in [3.8, 4) is 5.75 Å². The number of carbonyl (C=O) groups is 1. The smallest absolute Gasteiger partial charge is 0.387 e. The van der Waals surface area contributed by atoms with Gasteiger partial charge >= 0.3 is 6.61 Å². The molecule has 4 bridgehead atoms. The Kier molecular flexibility index (Phi) is 5.34. The Labute approximate surface area is 165 Å². The van der Waals surface area contributed by atoms with Crippen molar-refractivity contribution in [2.45, 2.75) is 76.6 Å². The van der Waals surface area contributed by atoms with Crippen molar-refractivity contribution in [3.63, 3.8) is 0 Å². The number of halogens is 2. The van der Waals surface area contributed by atoms with E-state index in [4.69, 9.17) is 0 Å². The molecule has 4 aliphatic rings. The summed E-state index contributed by atoms with van der Waals surface area (Å²) in [6.07, 6.45) is 7.47. The third kappa shape index (κ3) is 4.17. The van der Waals surface area contributed by atoms with E-state index in [1.807, 2.05) is 13.8 Å². The molecule has 0 radical (unpaired) electrons. The third-order valence-corrected chi connectivity index (χ3v) is 6.93. The van der Waals surface area contributed by atoms with Gasteiger partial charge in [-0.25, -0.2) is 0 Å². The topological polar surface area (TPSA) is 50.4 Å². The fraction of sp³-hybridized carbons (Fsp3) is 0.682. The van der Waals surface area contributed by atoms with Gasteiger partial charge in [-0.05, 0) is 87.8 Å². The van der Waals surface area contributed by atoms with Gasteiger partial charge in [0.1, 0.15) is 5.75 Å². The van der Waals surface area contributed by atoms with Gasteiger partial charge in [0.15, 0.2) is 0 Å². The molecule has 2 N–H and O–H groups in total. The van der Waals surface area contributed by atoms with Gasteiger partial charge in [0.05, 0.1) is 6.04 Å². The van der Waals surface area contributed by atoms with Gasteiger partial charge in [-0.2, -0.15) is 8.78 Å². The summed E-state index contributed by atoms with van der Waals surface area (Å²) in [4.78, 5) is 12.9. The molecular formula is C22H30F2N2O2. The number of amides is 1. The summed E-state index contributed by atoms with van der Waals surface area (Å²) in [5, 5.41) is 6.74. The second-order valence-electron chi connectivity index (χ2n) is 9.24. The highest BCUT2D eigenvalue weighted by Crippen LogP contribution is 2.55. The Hall–Kier alpha value is -1.69.